The fourth-order valence-electron chi connectivity index (χ4n) is 2.81. The van der Waals surface area contributed by atoms with E-state index in [1.165, 1.54) is 0 Å². The number of carbonyl (C=O) groups excluding carboxylic acids is 2. The number of hydrogen-bond acceptors (Lipinski definition) is 4. The number of carbonyl (C=O) groups is 2. The molecular weight excluding hydrogens is 378 g/mol. The summed E-state index contributed by atoms with van der Waals surface area (Å²) in [4.78, 5) is 26.7. The zero-order valence-electron chi connectivity index (χ0n) is 16.4. The number of methoxy groups -OCH3 is 1. The van der Waals surface area contributed by atoms with Gasteiger partial charge in [-0.1, -0.05) is 36.7 Å². The molecule has 28 heavy (non-hydrogen) atoms. The Morgan fingerprint density at radius 2 is 1.61 bits per heavy atom. The summed E-state index contributed by atoms with van der Waals surface area (Å²) in [6.45, 7) is 4.70. The Hall–Kier alpha value is -2.57. The van der Waals surface area contributed by atoms with Crippen LogP contribution >= 0.6 is 11.6 Å². The van der Waals surface area contributed by atoms with Gasteiger partial charge in [-0.05, 0) is 49.7 Å². The van der Waals surface area contributed by atoms with E-state index in [0.29, 0.717) is 28.7 Å². The lowest BCUT2D eigenvalue weighted by Gasteiger charge is -2.21. The van der Waals surface area contributed by atoms with Gasteiger partial charge < -0.3 is 15.4 Å². The van der Waals surface area contributed by atoms with Gasteiger partial charge in [0.15, 0.2) is 0 Å². The summed E-state index contributed by atoms with van der Waals surface area (Å²) in [5.74, 6) is 0.195. The molecule has 6 nitrogen and oxygen atoms in total. The number of benzene rings is 2. The predicted molar refractivity (Wildman–Crippen MR) is 113 cm³/mol. The van der Waals surface area contributed by atoms with E-state index in [-0.39, 0.29) is 24.9 Å². The molecule has 0 radical (unpaired) electrons. The molecule has 0 atom stereocenters. The summed E-state index contributed by atoms with van der Waals surface area (Å²) in [6.07, 6.45) is 0.825. The Balaban J connectivity index is 1.97. The van der Waals surface area contributed by atoms with Gasteiger partial charge in [-0.15, -0.1) is 0 Å². The topological polar surface area (TPSA) is 70.7 Å². The van der Waals surface area contributed by atoms with Gasteiger partial charge >= 0.3 is 0 Å². The van der Waals surface area contributed by atoms with Crippen molar-refractivity contribution in [1.29, 1.82) is 0 Å². The van der Waals surface area contributed by atoms with Crippen molar-refractivity contribution in [1.82, 2.24) is 4.90 Å². The third kappa shape index (κ3) is 6.25. The number of amides is 2. The Morgan fingerprint density at radius 3 is 2.25 bits per heavy atom. The molecule has 0 heterocycles. The fourth-order valence-corrected chi connectivity index (χ4v) is 2.98. The van der Waals surface area contributed by atoms with Crippen molar-refractivity contribution in [2.45, 2.75) is 20.3 Å². The molecule has 0 aromatic heterocycles. The second-order valence-corrected chi connectivity index (χ2v) is 6.83. The number of hydrogen-bond donors (Lipinski definition) is 2. The third-order valence-electron chi connectivity index (χ3n) is 4.20. The molecule has 0 spiro atoms. The average Bonchev–Trinajstić information content (AvgIpc) is 2.66. The molecule has 2 N–H and O–H groups in total. The summed E-state index contributed by atoms with van der Waals surface area (Å²) in [7, 11) is 1.55. The SMILES string of the molecule is CCCN(CC(=O)Nc1ccccc1OC)CC(=O)Nc1cccc(Cl)c1C. The second-order valence-electron chi connectivity index (χ2n) is 6.42. The maximum absolute atomic E-state index is 12.5. The molecule has 0 saturated carbocycles. The maximum atomic E-state index is 12.5. The molecule has 0 fully saturated rings. The van der Waals surface area contributed by atoms with Crippen LogP contribution < -0.4 is 15.4 Å². The molecule has 2 rings (SSSR count). The van der Waals surface area contributed by atoms with Crippen molar-refractivity contribution < 1.29 is 14.3 Å². The van der Waals surface area contributed by atoms with Crippen LogP contribution in [0.2, 0.25) is 5.02 Å². The van der Waals surface area contributed by atoms with Crippen LogP contribution in [0.3, 0.4) is 0 Å². The number of ether oxygens (including phenoxy) is 1. The van der Waals surface area contributed by atoms with Crippen LogP contribution in [-0.2, 0) is 9.59 Å². The quantitative estimate of drug-likeness (QED) is 0.665. The van der Waals surface area contributed by atoms with Crippen molar-refractivity contribution >= 4 is 34.8 Å². The summed E-state index contributed by atoms with van der Waals surface area (Å²) in [6, 6.07) is 12.6. The van der Waals surface area contributed by atoms with Crippen LogP contribution in [0.25, 0.3) is 0 Å². The molecule has 0 unspecified atom stereocenters. The highest BCUT2D eigenvalue weighted by molar-refractivity contribution is 6.31. The zero-order chi connectivity index (χ0) is 20.5. The van der Waals surface area contributed by atoms with Gasteiger partial charge in [0.25, 0.3) is 0 Å². The molecular formula is C21H26ClN3O3. The van der Waals surface area contributed by atoms with Crippen LogP contribution in [0.4, 0.5) is 11.4 Å². The first-order chi connectivity index (χ1) is 13.4. The first kappa shape index (κ1) is 21.7. The molecule has 0 aliphatic heterocycles. The summed E-state index contributed by atoms with van der Waals surface area (Å²) in [5.41, 5.74) is 2.09. The van der Waals surface area contributed by atoms with Crippen LogP contribution in [-0.4, -0.2) is 43.5 Å². The van der Waals surface area contributed by atoms with Gasteiger partial charge in [-0.2, -0.15) is 0 Å². The smallest absolute Gasteiger partial charge is 0.238 e. The first-order valence-corrected chi connectivity index (χ1v) is 9.52. The van der Waals surface area contributed by atoms with E-state index in [4.69, 9.17) is 16.3 Å². The van der Waals surface area contributed by atoms with Gasteiger partial charge in [0.1, 0.15) is 5.75 Å². The highest BCUT2D eigenvalue weighted by atomic mass is 35.5. The lowest BCUT2D eigenvalue weighted by molar-refractivity contribution is -0.120. The lowest BCUT2D eigenvalue weighted by atomic mass is 10.2. The highest BCUT2D eigenvalue weighted by Gasteiger charge is 2.16. The van der Waals surface area contributed by atoms with Gasteiger partial charge in [0, 0.05) is 10.7 Å². The Labute approximate surface area is 170 Å². The number of nitrogens with zero attached hydrogens (tertiary/aromatic N) is 1. The lowest BCUT2D eigenvalue weighted by Crippen LogP contribution is -2.39. The molecule has 150 valence electrons. The van der Waals surface area contributed by atoms with Crippen molar-refractivity contribution in [3.05, 3.63) is 53.1 Å². The van der Waals surface area contributed by atoms with Gasteiger partial charge in [0.2, 0.25) is 11.8 Å². The summed E-state index contributed by atoms with van der Waals surface area (Å²) >= 11 is 6.10. The normalized spacial score (nSPS) is 10.6. The Morgan fingerprint density at radius 1 is 1.00 bits per heavy atom. The van der Waals surface area contributed by atoms with Crippen LogP contribution in [0.1, 0.15) is 18.9 Å². The van der Waals surface area contributed by atoms with Crippen molar-refractivity contribution in [3.63, 3.8) is 0 Å². The van der Waals surface area contributed by atoms with Gasteiger partial charge in [0.05, 0.1) is 25.9 Å². The summed E-state index contributed by atoms with van der Waals surface area (Å²) in [5, 5.41) is 6.30. The second kappa shape index (κ2) is 10.7. The van der Waals surface area contributed by atoms with Crippen LogP contribution in [0.5, 0.6) is 5.75 Å². The van der Waals surface area contributed by atoms with Crippen LogP contribution in [0.15, 0.2) is 42.5 Å². The van der Waals surface area contributed by atoms with Crippen molar-refractivity contribution in [3.8, 4) is 5.75 Å². The van der Waals surface area contributed by atoms with Gasteiger partial charge in [-0.3, -0.25) is 14.5 Å². The van der Waals surface area contributed by atoms with E-state index in [1.807, 2.05) is 26.0 Å². The number of rotatable bonds is 9. The number of nitrogens with one attached hydrogen (secondary N) is 2. The number of para-hydroxylation sites is 2. The zero-order valence-corrected chi connectivity index (χ0v) is 17.2. The molecule has 2 aromatic carbocycles. The molecule has 0 saturated heterocycles. The van der Waals surface area contributed by atoms with E-state index >= 15 is 0 Å². The standard InChI is InChI=1S/C21H26ClN3O3/c1-4-12-25(13-20(26)23-17-10-7-8-16(22)15(17)2)14-21(27)24-18-9-5-6-11-19(18)28-3/h5-11H,4,12-14H2,1-3H3,(H,23,26)(H,24,27). The molecule has 0 bridgehead atoms. The minimum atomic E-state index is -0.204. The number of anilines is 2. The fraction of sp³-hybridized carbons (Fsp3) is 0.333. The molecule has 7 heteroatoms. The highest BCUT2D eigenvalue weighted by Crippen LogP contribution is 2.23. The molecule has 0 aliphatic rings. The van der Waals surface area contributed by atoms with Crippen molar-refractivity contribution in [2.24, 2.45) is 0 Å². The van der Waals surface area contributed by atoms with Gasteiger partial charge in [-0.25, -0.2) is 0 Å². The van der Waals surface area contributed by atoms with E-state index in [1.54, 1.807) is 42.3 Å². The minimum absolute atomic E-state index is 0.105. The number of halogens is 1. The van der Waals surface area contributed by atoms with E-state index in [9.17, 15) is 9.59 Å². The Kier molecular flexibility index (Phi) is 8.29. The molecule has 2 amide bonds. The summed E-state index contributed by atoms with van der Waals surface area (Å²) < 4.78 is 5.25. The van der Waals surface area contributed by atoms with Crippen LogP contribution in [0, 0.1) is 6.92 Å². The first-order valence-electron chi connectivity index (χ1n) is 9.14. The predicted octanol–water partition coefficient (Wildman–Crippen LogP) is 3.95. The van der Waals surface area contributed by atoms with Crippen molar-refractivity contribution in [2.75, 3.05) is 37.4 Å². The van der Waals surface area contributed by atoms with E-state index in [2.05, 4.69) is 10.6 Å². The molecule has 2 aromatic rings. The third-order valence-corrected chi connectivity index (χ3v) is 4.61. The van der Waals surface area contributed by atoms with E-state index < -0.39 is 0 Å². The Bertz CT molecular complexity index is 826. The maximum Gasteiger partial charge on any atom is 0.238 e. The molecule has 0 aliphatic carbocycles. The van der Waals surface area contributed by atoms with E-state index in [0.717, 1.165) is 12.0 Å². The largest absolute Gasteiger partial charge is 0.495 e. The minimum Gasteiger partial charge on any atom is -0.495 e. The average molecular weight is 404 g/mol. The monoisotopic (exact) mass is 403 g/mol.